The van der Waals surface area contributed by atoms with Crippen molar-refractivity contribution in [3.05, 3.63) is 35.4 Å². The van der Waals surface area contributed by atoms with Gasteiger partial charge in [0.05, 0.1) is 32.4 Å². The highest BCUT2D eigenvalue weighted by molar-refractivity contribution is 7.53. The molecule has 2 atom stereocenters. The van der Waals surface area contributed by atoms with E-state index in [-0.39, 0.29) is 38.0 Å². The average molecular weight is 442 g/mol. The number of ether oxygens (including phenoxy) is 1. The number of primary amides is 1. The summed E-state index contributed by atoms with van der Waals surface area (Å²) in [7, 11) is -3.25. The summed E-state index contributed by atoms with van der Waals surface area (Å²) in [5.41, 5.74) is 6.37. The predicted octanol–water partition coefficient (Wildman–Crippen LogP) is 2.63. The van der Waals surface area contributed by atoms with Gasteiger partial charge >= 0.3 is 13.6 Å². The van der Waals surface area contributed by atoms with E-state index in [2.05, 4.69) is 5.32 Å². The van der Waals surface area contributed by atoms with Gasteiger partial charge in [0.15, 0.2) is 0 Å². The number of hydrogen-bond donors (Lipinski definition) is 2. The maximum Gasteiger partial charge on any atom is 0.335 e. The molecule has 30 heavy (non-hydrogen) atoms. The molecule has 0 saturated heterocycles. The minimum absolute atomic E-state index is 0.0508. The summed E-state index contributed by atoms with van der Waals surface area (Å²) >= 11 is 0. The Morgan fingerprint density at radius 3 is 2.07 bits per heavy atom. The van der Waals surface area contributed by atoms with Crippen molar-refractivity contribution in [2.24, 2.45) is 11.7 Å². The van der Waals surface area contributed by atoms with Crippen LogP contribution in [0, 0.1) is 5.92 Å². The van der Waals surface area contributed by atoms with Crippen LogP contribution in [0.15, 0.2) is 24.3 Å². The predicted molar refractivity (Wildman–Crippen MR) is 112 cm³/mol. The van der Waals surface area contributed by atoms with E-state index in [1.165, 1.54) is 0 Å². The summed E-state index contributed by atoms with van der Waals surface area (Å²) in [5.74, 6) is -2.26. The normalized spacial score (nSPS) is 13.3. The molecule has 3 N–H and O–H groups in total. The Morgan fingerprint density at radius 1 is 1.03 bits per heavy atom. The largest absolute Gasteiger partial charge is 0.466 e. The highest BCUT2D eigenvalue weighted by Gasteiger charge is 2.28. The first-order valence-corrected chi connectivity index (χ1v) is 11.6. The van der Waals surface area contributed by atoms with Crippen LogP contribution in [0.1, 0.15) is 50.0 Å². The standard InChI is InChI=1S/C20H31N2O7P/c1-5-27-17(23)12-14(4)18(19(21)24)22-20(25)16-10-8-15(9-11-16)13-30(26,28-6-2)29-7-3/h8-11,14,18H,5-7,12-13H2,1-4H3,(H2,21,24)(H,22,25)/t14-,18-/m0/s1. The number of carbonyl (C=O) groups excluding carboxylic acids is 3. The quantitative estimate of drug-likeness (QED) is 0.354. The van der Waals surface area contributed by atoms with Crippen molar-refractivity contribution in [3.63, 3.8) is 0 Å². The van der Waals surface area contributed by atoms with E-state index in [0.29, 0.717) is 5.56 Å². The maximum absolute atomic E-state index is 12.6. The second-order valence-corrected chi connectivity index (χ2v) is 8.70. The summed E-state index contributed by atoms with van der Waals surface area (Å²) in [6.45, 7) is 7.53. The molecule has 0 unspecified atom stereocenters. The van der Waals surface area contributed by atoms with Crippen LogP contribution in [0.25, 0.3) is 0 Å². The Labute approximate surface area is 177 Å². The van der Waals surface area contributed by atoms with Crippen molar-refractivity contribution in [2.75, 3.05) is 19.8 Å². The van der Waals surface area contributed by atoms with Crippen LogP contribution in [-0.4, -0.2) is 43.6 Å². The van der Waals surface area contributed by atoms with E-state index < -0.39 is 37.3 Å². The molecule has 1 rings (SSSR count). The Hall–Kier alpha value is -2.22. The first kappa shape index (κ1) is 25.8. The van der Waals surface area contributed by atoms with Crippen molar-refractivity contribution in [2.45, 2.75) is 46.3 Å². The molecule has 0 radical (unpaired) electrons. The lowest BCUT2D eigenvalue weighted by Gasteiger charge is -2.22. The van der Waals surface area contributed by atoms with Gasteiger partial charge in [-0.3, -0.25) is 18.9 Å². The number of rotatable bonds is 13. The second kappa shape index (κ2) is 12.5. The number of amides is 2. The van der Waals surface area contributed by atoms with Gasteiger partial charge in [-0.2, -0.15) is 0 Å². The SMILES string of the molecule is CCOC(=O)C[C@H](C)[C@H](NC(=O)c1ccc(CP(=O)(OCC)OCC)cc1)C(N)=O. The third-order valence-electron chi connectivity index (χ3n) is 4.20. The minimum Gasteiger partial charge on any atom is -0.466 e. The molecule has 0 bridgehead atoms. The fraction of sp³-hybridized carbons (Fsp3) is 0.550. The van der Waals surface area contributed by atoms with E-state index in [4.69, 9.17) is 19.5 Å². The number of esters is 1. The number of nitrogens with one attached hydrogen (secondary N) is 1. The molecule has 1 aromatic carbocycles. The van der Waals surface area contributed by atoms with Gasteiger partial charge < -0.3 is 24.8 Å². The summed E-state index contributed by atoms with van der Waals surface area (Å²) in [4.78, 5) is 36.0. The number of nitrogens with two attached hydrogens (primary N) is 1. The molecular weight excluding hydrogens is 411 g/mol. The molecule has 0 fully saturated rings. The lowest BCUT2D eigenvalue weighted by atomic mass is 9.97. The molecule has 0 spiro atoms. The number of hydrogen-bond acceptors (Lipinski definition) is 7. The first-order chi connectivity index (χ1) is 14.2. The summed E-state index contributed by atoms with van der Waals surface area (Å²) in [6.07, 6.45) is 0.0296. The monoisotopic (exact) mass is 442 g/mol. The molecule has 9 nitrogen and oxygen atoms in total. The fourth-order valence-corrected chi connectivity index (χ4v) is 4.53. The zero-order chi connectivity index (χ0) is 22.7. The van der Waals surface area contributed by atoms with Crippen LogP contribution in [0.5, 0.6) is 0 Å². The van der Waals surface area contributed by atoms with Gasteiger partial charge in [0.1, 0.15) is 6.04 Å². The zero-order valence-corrected chi connectivity index (χ0v) is 18.8. The van der Waals surface area contributed by atoms with Gasteiger partial charge in [0.2, 0.25) is 5.91 Å². The van der Waals surface area contributed by atoms with Gasteiger partial charge in [-0.1, -0.05) is 19.1 Å². The Balaban J connectivity index is 2.83. The molecule has 0 aliphatic carbocycles. The Kier molecular flexibility index (Phi) is 10.7. The van der Waals surface area contributed by atoms with Crippen LogP contribution in [-0.2, 0) is 34.1 Å². The molecule has 2 amide bonds. The smallest absolute Gasteiger partial charge is 0.335 e. The van der Waals surface area contributed by atoms with E-state index in [1.807, 2.05) is 0 Å². The van der Waals surface area contributed by atoms with Crippen LogP contribution in [0.3, 0.4) is 0 Å². The van der Waals surface area contributed by atoms with E-state index in [0.717, 1.165) is 0 Å². The molecule has 10 heteroatoms. The van der Waals surface area contributed by atoms with Crippen molar-refractivity contribution in [3.8, 4) is 0 Å². The van der Waals surface area contributed by atoms with E-state index in [9.17, 15) is 18.9 Å². The van der Waals surface area contributed by atoms with Crippen LogP contribution < -0.4 is 11.1 Å². The van der Waals surface area contributed by atoms with Gasteiger partial charge in [-0.05, 0) is 44.4 Å². The van der Waals surface area contributed by atoms with Gasteiger partial charge in [0.25, 0.3) is 5.91 Å². The minimum atomic E-state index is -3.25. The van der Waals surface area contributed by atoms with Crippen molar-refractivity contribution >= 4 is 25.4 Å². The lowest BCUT2D eigenvalue weighted by Crippen LogP contribution is -2.49. The number of carbonyl (C=O) groups is 3. The topological polar surface area (TPSA) is 134 Å². The van der Waals surface area contributed by atoms with Gasteiger partial charge in [0, 0.05) is 5.56 Å². The average Bonchev–Trinajstić information content (AvgIpc) is 2.66. The van der Waals surface area contributed by atoms with Crippen LogP contribution >= 0.6 is 7.60 Å². The first-order valence-electron chi connectivity index (χ1n) is 9.88. The molecule has 0 heterocycles. The Morgan fingerprint density at radius 2 is 1.60 bits per heavy atom. The molecule has 0 aromatic heterocycles. The lowest BCUT2D eigenvalue weighted by molar-refractivity contribution is -0.144. The summed E-state index contributed by atoms with van der Waals surface area (Å²) < 4.78 is 28.0. The van der Waals surface area contributed by atoms with Crippen molar-refractivity contribution in [1.29, 1.82) is 0 Å². The highest BCUT2D eigenvalue weighted by atomic mass is 31.2. The summed E-state index contributed by atoms with van der Waals surface area (Å²) in [5, 5.41) is 2.56. The second-order valence-electron chi connectivity index (χ2n) is 6.64. The van der Waals surface area contributed by atoms with Crippen molar-refractivity contribution < 1.29 is 32.7 Å². The molecule has 0 saturated carbocycles. The van der Waals surface area contributed by atoms with Crippen LogP contribution in [0.4, 0.5) is 0 Å². The maximum atomic E-state index is 12.6. The molecule has 0 aliphatic heterocycles. The van der Waals surface area contributed by atoms with Crippen molar-refractivity contribution in [1.82, 2.24) is 5.32 Å². The fourth-order valence-electron chi connectivity index (χ4n) is 2.83. The zero-order valence-electron chi connectivity index (χ0n) is 17.9. The molecular formula is C20H31N2O7P. The third-order valence-corrected chi connectivity index (χ3v) is 6.26. The Bertz CT molecular complexity index is 757. The highest BCUT2D eigenvalue weighted by Crippen LogP contribution is 2.51. The van der Waals surface area contributed by atoms with Gasteiger partial charge in [-0.25, -0.2) is 0 Å². The van der Waals surface area contributed by atoms with E-state index in [1.54, 1.807) is 52.0 Å². The van der Waals surface area contributed by atoms with Crippen LogP contribution in [0.2, 0.25) is 0 Å². The molecule has 1 aromatic rings. The molecule has 0 aliphatic rings. The summed E-state index contributed by atoms with van der Waals surface area (Å²) in [6, 6.07) is 5.33. The number of benzene rings is 1. The van der Waals surface area contributed by atoms with E-state index >= 15 is 0 Å². The van der Waals surface area contributed by atoms with Gasteiger partial charge in [-0.15, -0.1) is 0 Å². The molecule has 168 valence electrons. The third kappa shape index (κ3) is 8.26.